The van der Waals surface area contributed by atoms with Crippen molar-refractivity contribution >= 4 is 18.2 Å². The van der Waals surface area contributed by atoms with Crippen LogP contribution < -0.4 is 5.32 Å². The van der Waals surface area contributed by atoms with Crippen molar-refractivity contribution in [2.45, 2.75) is 12.3 Å². The lowest BCUT2D eigenvalue weighted by molar-refractivity contribution is 0.764. The van der Waals surface area contributed by atoms with Gasteiger partial charge in [0.15, 0.2) is 0 Å². The lowest BCUT2D eigenvalue weighted by atomic mass is 9.98. The molecule has 0 aromatic heterocycles. The Morgan fingerprint density at radius 1 is 1.23 bits per heavy atom. The first kappa shape index (κ1) is 10.1. The topological polar surface area (TPSA) is 35.9 Å². The lowest BCUT2D eigenvalue weighted by Crippen LogP contribution is -2.12. The maximum absolute atomic E-state index is 7.42. The largest absolute Gasteiger partial charge is 0.373 e. The van der Waals surface area contributed by atoms with Crippen LogP contribution in [0.25, 0.3) is 0 Å². The van der Waals surface area contributed by atoms with Gasteiger partial charge in [-0.25, -0.2) is 0 Å². The van der Waals surface area contributed by atoms with Crippen molar-refractivity contribution in [3.63, 3.8) is 0 Å². The van der Waals surface area contributed by atoms with E-state index in [-0.39, 0.29) is 12.4 Å². The fourth-order valence-corrected chi connectivity index (χ4v) is 1.60. The molecular formula is C10H13ClN2. The number of halogens is 1. The number of amidine groups is 1. The Hall–Kier alpha value is -1.02. The molecule has 2 nitrogen and oxygen atoms in total. The van der Waals surface area contributed by atoms with Crippen LogP contribution in [-0.4, -0.2) is 12.4 Å². The van der Waals surface area contributed by atoms with Gasteiger partial charge in [0.05, 0.1) is 5.84 Å². The maximum Gasteiger partial charge on any atom is 0.0938 e. The highest BCUT2D eigenvalue weighted by Crippen LogP contribution is 2.22. The molecule has 1 aliphatic heterocycles. The van der Waals surface area contributed by atoms with Crippen molar-refractivity contribution in [1.29, 1.82) is 5.41 Å². The molecule has 13 heavy (non-hydrogen) atoms. The van der Waals surface area contributed by atoms with E-state index in [0.717, 1.165) is 13.0 Å². The van der Waals surface area contributed by atoms with Gasteiger partial charge in [-0.05, 0) is 5.56 Å². The van der Waals surface area contributed by atoms with E-state index in [2.05, 4.69) is 29.6 Å². The van der Waals surface area contributed by atoms with Crippen LogP contribution in [0.3, 0.4) is 0 Å². The quantitative estimate of drug-likeness (QED) is 0.710. The highest BCUT2D eigenvalue weighted by Gasteiger charge is 2.19. The summed E-state index contributed by atoms with van der Waals surface area (Å²) in [6.07, 6.45) is 0.865. The highest BCUT2D eigenvalue weighted by atomic mass is 35.5. The molecule has 70 valence electrons. The number of rotatable bonds is 1. The lowest BCUT2D eigenvalue weighted by Gasteiger charge is -2.05. The monoisotopic (exact) mass is 196 g/mol. The van der Waals surface area contributed by atoms with Gasteiger partial charge in [-0.1, -0.05) is 30.3 Å². The van der Waals surface area contributed by atoms with Crippen molar-refractivity contribution in [1.82, 2.24) is 5.32 Å². The van der Waals surface area contributed by atoms with Crippen LogP contribution in [0.5, 0.6) is 0 Å². The summed E-state index contributed by atoms with van der Waals surface area (Å²) in [6.45, 7) is 0.919. The number of nitrogens with one attached hydrogen (secondary N) is 2. The van der Waals surface area contributed by atoms with Crippen molar-refractivity contribution < 1.29 is 0 Å². The molecule has 1 heterocycles. The van der Waals surface area contributed by atoms with Gasteiger partial charge in [0.2, 0.25) is 0 Å². The van der Waals surface area contributed by atoms with Crippen LogP contribution in [0.4, 0.5) is 0 Å². The maximum atomic E-state index is 7.42. The van der Waals surface area contributed by atoms with E-state index in [9.17, 15) is 0 Å². The fourth-order valence-electron chi connectivity index (χ4n) is 1.60. The summed E-state index contributed by atoms with van der Waals surface area (Å²) in [5.41, 5.74) is 1.34. The van der Waals surface area contributed by atoms with E-state index in [1.165, 1.54) is 5.56 Å². The van der Waals surface area contributed by atoms with E-state index in [1.807, 2.05) is 6.07 Å². The minimum absolute atomic E-state index is 0. The number of benzene rings is 1. The first-order chi connectivity index (χ1) is 5.86. The fraction of sp³-hybridized carbons (Fsp3) is 0.300. The number of hydrogen-bond donors (Lipinski definition) is 2. The molecular weight excluding hydrogens is 184 g/mol. The van der Waals surface area contributed by atoms with Gasteiger partial charge < -0.3 is 5.32 Å². The summed E-state index contributed by atoms with van der Waals surface area (Å²) in [5, 5.41) is 10.5. The van der Waals surface area contributed by atoms with Gasteiger partial charge in [0.25, 0.3) is 0 Å². The molecule has 0 saturated carbocycles. The molecule has 0 aliphatic carbocycles. The van der Waals surface area contributed by atoms with Crippen LogP contribution in [-0.2, 0) is 0 Å². The molecule has 0 radical (unpaired) electrons. The van der Waals surface area contributed by atoms with Crippen molar-refractivity contribution in [3.8, 4) is 0 Å². The molecule has 1 aliphatic rings. The first-order valence-electron chi connectivity index (χ1n) is 4.22. The zero-order valence-corrected chi connectivity index (χ0v) is 8.10. The van der Waals surface area contributed by atoms with Gasteiger partial charge in [0, 0.05) is 18.9 Å². The molecule has 0 spiro atoms. The summed E-state index contributed by atoms with van der Waals surface area (Å²) in [7, 11) is 0. The molecule has 1 aromatic carbocycles. The molecule has 2 N–H and O–H groups in total. The molecule has 1 atom stereocenters. The van der Waals surface area contributed by atoms with E-state index in [1.54, 1.807) is 0 Å². The third-order valence-electron chi connectivity index (χ3n) is 2.28. The highest BCUT2D eigenvalue weighted by molar-refractivity contribution is 5.85. The van der Waals surface area contributed by atoms with Crippen LogP contribution in [0.15, 0.2) is 30.3 Å². The van der Waals surface area contributed by atoms with Crippen molar-refractivity contribution in [2.75, 3.05) is 6.54 Å². The molecule has 3 heteroatoms. The van der Waals surface area contributed by atoms with Crippen LogP contribution in [0.1, 0.15) is 17.9 Å². The second-order valence-corrected chi connectivity index (χ2v) is 3.17. The Labute approximate surface area is 84.3 Å². The average Bonchev–Trinajstić information content (AvgIpc) is 2.54. The number of hydrogen-bond acceptors (Lipinski definition) is 1. The van der Waals surface area contributed by atoms with Gasteiger partial charge in [-0.3, -0.25) is 5.41 Å². The second kappa shape index (κ2) is 4.28. The van der Waals surface area contributed by atoms with Crippen LogP contribution in [0.2, 0.25) is 0 Å². The SMILES string of the molecule is Cl.N=C1CC(c2ccccc2)CN1. The van der Waals surface area contributed by atoms with Gasteiger partial charge in [-0.15, -0.1) is 12.4 Å². The predicted molar refractivity (Wildman–Crippen MR) is 56.8 cm³/mol. The molecule has 1 aromatic rings. The summed E-state index contributed by atoms with van der Waals surface area (Å²) in [5.74, 6) is 1.18. The Kier molecular flexibility index (Phi) is 3.32. The Balaban J connectivity index is 0.000000845. The Morgan fingerprint density at radius 3 is 2.46 bits per heavy atom. The molecule has 2 rings (SSSR count). The van der Waals surface area contributed by atoms with Crippen LogP contribution in [0, 0.1) is 5.41 Å². The third kappa shape index (κ3) is 2.22. The molecule has 1 unspecified atom stereocenters. The van der Waals surface area contributed by atoms with E-state index in [0.29, 0.717) is 11.8 Å². The smallest absolute Gasteiger partial charge is 0.0938 e. The zero-order valence-electron chi connectivity index (χ0n) is 7.29. The van der Waals surface area contributed by atoms with E-state index >= 15 is 0 Å². The van der Waals surface area contributed by atoms with E-state index < -0.39 is 0 Å². The minimum Gasteiger partial charge on any atom is -0.373 e. The summed E-state index contributed by atoms with van der Waals surface area (Å²) < 4.78 is 0. The molecule has 0 amide bonds. The predicted octanol–water partition coefficient (Wildman–Crippen LogP) is 2.16. The van der Waals surface area contributed by atoms with E-state index in [4.69, 9.17) is 5.41 Å². The minimum atomic E-state index is 0. The van der Waals surface area contributed by atoms with Gasteiger partial charge >= 0.3 is 0 Å². The van der Waals surface area contributed by atoms with Crippen molar-refractivity contribution in [2.24, 2.45) is 0 Å². The second-order valence-electron chi connectivity index (χ2n) is 3.17. The summed E-state index contributed by atoms with van der Waals surface area (Å²) in [4.78, 5) is 0. The zero-order chi connectivity index (χ0) is 8.39. The van der Waals surface area contributed by atoms with Crippen LogP contribution >= 0.6 is 12.4 Å². The Bertz CT molecular complexity index is 284. The third-order valence-corrected chi connectivity index (χ3v) is 2.28. The Morgan fingerprint density at radius 2 is 1.92 bits per heavy atom. The summed E-state index contributed by atoms with van der Waals surface area (Å²) in [6, 6.07) is 10.4. The molecule has 1 saturated heterocycles. The normalized spacial score (nSPS) is 20.6. The standard InChI is InChI=1S/C10H12N2.ClH/c11-10-6-9(7-12-10)8-4-2-1-3-5-8;/h1-5,9H,6-7H2,(H2,11,12);1H. The molecule has 1 fully saturated rings. The molecule has 0 bridgehead atoms. The summed E-state index contributed by atoms with van der Waals surface area (Å²) >= 11 is 0. The van der Waals surface area contributed by atoms with Gasteiger partial charge in [-0.2, -0.15) is 0 Å². The van der Waals surface area contributed by atoms with Crippen molar-refractivity contribution in [3.05, 3.63) is 35.9 Å². The van der Waals surface area contributed by atoms with Gasteiger partial charge in [0.1, 0.15) is 0 Å². The first-order valence-corrected chi connectivity index (χ1v) is 4.22. The average molecular weight is 197 g/mol.